The van der Waals surface area contributed by atoms with Crippen molar-refractivity contribution in [1.29, 1.82) is 0 Å². The summed E-state index contributed by atoms with van der Waals surface area (Å²) < 4.78 is 22.0. The number of nitro benzene ring substituents is 2. The summed E-state index contributed by atoms with van der Waals surface area (Å²) in [6.45, 7) is 10.7. The molecule has 2 aromatic rings. The number of esters is 4. The molecule has 0 spiro atoms. The topological polar surface area (TPSA) is 216 Å². The Bertz CT molecular complexity index is 1950. The number of allylic oxidation sites excluding steroid dienone is 4. The van der Waals surface area contributed by atoms with E-state index >= 15 is 0 Å². The highest BCUT2D eigenvalue weighted by Crippen LogP contribution is 2.42. The van der Waals surface area contributed by atoms with E-state index in [2.05, 4.69) is 10.6 Å². The smallest absolute Gasteiger partial charge is 0.336 e. The summed E-state index contributed by atoms with van der Waals surface area (Å²) >= 11 is 0. The number of rotatable bonds is 21. The summed E-state index contributed by atoms with van der Waals surface area (Å²) in [5.41, 5.74) is 3.13. The number of hydrogen-bond donors (Lipinski definition) is 2. The quantitative estimate of drug-likeness (QED) is 0.0401. The third-order valence-corrected chi connectivity index (χ3v) is 10.3. The zero-order valence-electron chi connectivity index (χ0n) is 35.1. The molecule has 16 heteroatoms. The van der Waals surface area contributed by atoms with Crippen molar-refractivity contribution >= 4 is 35.3 Å². The van der Waals surface area contributed by atoms with Gasteiger partial charge < -0.3 is 29.6 Å². The number of ether oxygens (including phenoxy) is 4. The van der Waals surface area contributed by atoms with Crippen molar-refractivity contribution in [2.75, 3.05) is 26.4 Å². The van der Waals surface area contributed by atoms with Gasteiger partial charge in [-0.05, 0) is 65.5 Å². The molecule has 60 heavy (non-hydrogen) atoms. The zero-order chi connectivity index (χ0) is 43.9. The lowest BCUT2D eigenvalue weighted by molar-refractivity contribution is -0.385. The second-order valence-corrected chi connectivity index (χ2v) is 14.5. The standard InChI is InChI=1S/C44H54N4O12/c1-7-57-41(49)35-27(3)45-29(5)37(39(35)31-19-17-21-33(25-31)47(53)54)43(51)59-23-15-13-11-9-10-12-14-16-24-60-44(52)38-30(6)46-28(4)36(42(50)58-8-2)40(38)32-20-18-22-34(26-32)48(55)56/h17-22,25-26,39-40,45-46H,7-16,23-24H2,1-6H3. The van der Waals surface area contributed by atoms with Gasteiger partial charge in [0.15, 0.2) is 0 Å². The van der Waals surface area contributed by atoms with Crippen molar-refractivity contribution < 1.29 is 48.0 Å². The number of dihydropyridines is 2. The molecule has 16 nitrogen and oxygen atoms in total. The molecule has 0 radical (unpaired) electrons. The Balaban J connectivity index is 1.23. The Labute approximate surface area is 349 Å². The fraction of sp³-hybridized carbons (Fsp3) is 0.455. The molecule has 0 saturated heterocycles. The van der Waals surface area contributed by atoms with Gasteiger partial charge in [0.2, 0.25) is 0 Å². The molecule has 2 N–H and O–H groups in total. The summed E-state index contributed by atoms with van der Waals surface area (Å²) in [6.07, 6.45) is 6.61. The molecule has 2 aliphatic rings. The molecule has 2 unspecified atom stereocenters. The van der Waals surface area contributed by atoms with Gasteiger partial charge in [-0.25, -0.2) is 19.2 Å². The van der Waals surface area contributed by atoms with Crippen molar-refractivity contribution in [3.05, 3.63) is 125 Å². The molecule has 4 rings (SSSR count). The van der Waals surface area contributed by atoms with Crippen LogP contribution in [0.3, 0.4) is 0 Å². The third-order valence-electron chi connectivity index (χ3n) is 10.3. The molecule has 322 valence electrons. The molecule has 2 heterocycles. The Hall–Kier alpha value is -6.32. The van der Waals surface area contributed by atoms with Crippen LogP contribution in [0.25, 0.3) is 0 Å². The van der Waals surface area contributed by atoms with Crippen LogP contribution in [0.2, 0.25) is 0 Å². The first-order chi connectivity index (χ1) is 28.7. The van der Waals surface area contributed by atoms with Crippen LogP contribution in [0, 0.1) is 20.2 Å². The number of benzene rings is 2. The predicted octanol–water partition coefficient (Wildman–Crippen LogP) is 8.01. The molecule has 0 bridgehead atoms. The second-order valence-electron chi connectivity index (χ2n) is 14.5. The molecule has 0 aliphatic carbocycles. The third kappa shape index (κ3) is 11.7. The van der Waals surface area contributed by atoms with Crippen LogP contribution in [0.5, 0.6) is 0 Å². The fourth-order valence-corrected chi connectivity index (χ4v) is 7.54. The van der Waals surface area contributed by atoms with Gasteiger partial charge in [-0.1, -0.05) is 62.8 Å². The Morgan fingerprint density at radius 1 is 0.517 bits per heavy atom. The van der Waals surface area contributed by atoms with Gasteiger partial charge in [0.25, 0.3) is 11.4 Å². The Morgan fingerprint density at radius 3 is 1.12 bits per heavy atom. The summed E-state index contributed by atoms with van der Waals surface area (Å²) in [7, 11) is 0. The van der Waals surface area contributed by atoms with Crippen molar-refractivity contribution in [3.63, 3.8) is 0 Å². The molecule has 2 aliphatic heterocycles. The molecule has 2 aromatic carbocycles. The maximum absolute atomic E-state index is 13.5. The molecular weight excluding hydrogens is 776 g/mol. The number of nitro groups is 2. The Kier molecular flexibility index (Phi) is 17.1. The monoisotopic (exact) mass is 830 g/mol. The number of nitrogens with one attached hydrogen (secondary N) is 2. The number of non-ortho nitro benzene ring substituents is 2. The number of carbonyl (C=O) groups excluding carboxylic acids is 4. The van der Waals surface area contributed by atoms with E-state index < -0.39 is 45.6 Å². The first-order valence-electron chi connectivity index (χ1n) is 20.3. The predicted molar refractivity (Wildman–Crippen MR) is 221 cm³/mol. The largest absolute Gasteiger partial charge is 0.463 e. The maximum Gasteiger partial charge on any atom is 0.336 e. The summed E-state index contributed by atoms with van der Waals surface area (Å²) in [5.74, 6) is -4.35. The van der Waals surface area contributed by atoms with Gasteiger partial charge in [-0.3, -0.25) is 20.2 Å². The minimum absolute atomic E-state index is 0.111. The van der Waals surface area contributed by atoms with Crippen LogP contribution in [0.4, 0.5) is 11.4 Å². The van der Waals surface area contributed by atoms with Crippen molar-refractivity contribution in [2.24, 2.45) is 0 Å². The molecule has 0 saturated carbocycles. The molecule has 0 amide bonds. The van der Waals surface area contributed by atoms with Crippen molar-refractivity contribution in [3.8, 4) is 0 Å². The average molecular weight is 831 g/mol. The highest BCUT2D eigenvalue weighted by Gasteiger charge is 2.40. The van der Waals surface area contributed by atoms with Crippen LogP contribution < -0.4 is 10.6 Å². The van der Waals surface area contributed by atoms with Gasteiger partial charge in [0.1, 0.15) is 0 Å². The van der Waals surface area contributed by atoms with Crippen LogP contribution >= 0.6 is 0 Å². The van der Waals surface area contributed by atoms with E-state index in [0.29, 0.717) is 46.8 Å². The summed E-state index contributed by atoms with van der Waals surface area (Å²) in [5, 5.41) is 29.3. The Morgan fingerprint density at radius 2 is 0.817 bits per heavy atom. The number of carbonyl (C=O) groups is 4. The van der Waals surface area contributed by atoms with Gasteiger partial charge in [-0.15, -0.1) is 0 Å². The fourth-order valence-electron chi connectivity index (χ4n) is 7.54. The van der Waals surface area contributed by atoms with Crippen molar-refractivity contribution in [2.45, 2.75) is 105 Å². The van der Waals surface area contributed by atoms with E-state index in [1.165, 1.54) is 36.4 Å². The number of unbranched alkanes of at least 4 members (excludes halogenated alkanes) is 7. The lowest BCUT2D eigenvalue weighted by Crippen LogP contribution is -2.32. The number of hydrogen-bond acceptors (Lipinski definition) is 14. The van der Waals surface area contributed by atoms with Crippen LogP contribution in [0.15, 0.2) is 93.6 Å². The van der Waals surface area contributed by atoms with Gasteiger partial charge in [0, 0.05) is 47.1 Å². The van der Waals surface area contributed by atoms with E-state index in [-0.39, 0.29) is 60.1 Å². The highest BCUT2D eigenvalue weighted by atomic mass is 16.6. The van der Waals surface area contributed by atoms with Crippen LogP contribution in [-0.2, 0) is 38.1 Å². The minimum Gasteiger partial charge on any atom is -0.463 e. The maximum atomic E-state index is 13.5. The first kappa shape index (κ1) is 46.4. The highest BCUT2D eigenvalue weighted by molar-refractivity contribution is 6.01. The molecular formula is C44H54N4O12. The van der Waals surface area contributed by atoms with Crippen LogP contribution in [-0.4, -0.2) is 60.2 Å². The average Bonchev–Trinajstić information content (AvgIpc) is 3.20. The lowest BCUT2D eigenvalue weighted by atomic mass is 9.80. The van der Waals surface area contributed by atoms with Gasteiger partial charge in [-0.2, -0.15) is 0 Å². The van der Waals surface area contributed by atoms with E-state index in [9.17, 15) is 39.4 Å². The lowest BCUT2D eigenvalue weighted by Gasteiger charge is -2.30. The summed E-state index contributed by atoms with van der Waals surface area (Å²) in [6, 6.07) is 11.7. The van der Waals surface area contributed by atoms with E-state index in [4.69, 9.17) is 18.9 Å². The van der Waals surface area contributed by atoms with Crippen LogP contribution in [0.1, 0.15) is 116 Å². The normalized spacial score (nSPS) is 16.5. The zero-order valence-corrected chi connectivity index (χ0v) is 35.1. The first-order valence-corrected chi connectivity index (χ1v) is 20.3. The molecule has 2 atom stereocenters. The van der Waals surface area contributed by atoms with Crippen molar-refractivity contribution in [1.82, 2.24) is 10.6 Å². The molecule has 0 aromatic heterocycles. The SMILES string of the molecule is CCOC(=O)C1=C(C)NC(C)=C(C(=O)OCCCCCCCCCCOC(=O)C2=C(C)NC(C)=C(C(=O)OCC)C2c2cccc([N+](=O)[O-])c2)C1c1cccc([N+](=O)[O-])c1. The minimum atomic E-state index is -0.922. The van der Waals surface area contributed by atoms with E-state index in [0.717, 1.165) is 38.5 Å². The van der Waals surface area contributed by atoms with Gasteiger partial charge in [0.05, 0.1) is 70.4 Å². The number of nitrogens with zero attached hydrogens (tertiary/aromatic N) is 2. The van der Waals surface area contributed by atoms with Gasteiger partial charge >= 0.3 is 23.9 Å². The second kappa shape index (κ2) is 22.2. The van der Waals surface area contributed by atoms with E-state index in [1.54, 1.807) is 53.7 Å². The van der Waals surface area contributed by atoms with E-state index in [1.807, 2.05) is 0 Å². The molecule has 0 fully saturated rings. The summed E-state index contributed by atoms with van der Waals surface area (Å²) in [4.78, 5) is 75.3.